The molecule has 7 heteroatoms. The maximum atomic E-state index is 12.3. The summed E-state index contributed by atoms with van der Waals surface area (Å²) in [6.07, 6.45) is 3.34. The Morgan fingerprint density at radius 3 is 2.42 bits per heavy atom. The molecule has 2 N–H and O–H groups in total. The SMILES string of the molecule is Cn1cncc1C(c1ccc(C#N)cc1)c1c(C(N)=O)ccc(=O)n1C. The molecule has 0 saturated heterocycles. The molecule has 2 aromatic heterocycles. The Morgan fingerprint density at radius 1 is 1.19 bits per heavy atom. The number of pyridine rings is 1. The molecule has 2 heterocycles. The lowest BCUT2D eigenvalue weighted by Crippen LogP contribution is -2.28. The normalized spacial score (nSPS) is 11.7. The number of nitriles is 1. The van der Waals surface area contributed by atoms with E-state index in [0.29, 0.717) is 11.3 Å². The number of nitrogens with two attached hydrogens (primary N) is 1. The number of benzene rings is 1. The lowest BCUT2D eigenvalue weighted by Gasteiger charge is -2.23. The second-order valence-electron chi connectivity index (χ2n) is 5.99. The number of hydrogen-bond acceptors (Lipinski definition) is 4. The van der Waals surface area contributed by atoms with Crippen LogP contribution in [-0.2, 0) is 14.1 Å². The molecule has 1 atom stereocenters. The first-order chi connectivity index (χ1) is 12.4. The van der Waals surface area contributed by atoms with E-state index in [1.165, 1.54) is 16.7 Å². The number of imidazole rings is 1. The number of carbonyl (C=O) groups is 1. The summed E-state index contributed by atoms with van der Waals surface area (Å²) in [5, 5.41) is 9.04. The van der Waals surface area contributed by atoms with Crippen molar-refractivity contribution in [3.63, 3.8) is 0 Å². The summed E-state index contributed by atoms with van der Waals surface area (Å²) in [6, 6.07) is 11.9. The van der Waals surface area contributed by atoms with E-state index in [0.717, 1.165) is 11.3 Å². The molecule has 0 aliphatic heterocycles. The molecule has 3 aromatic rings. The van der Waals surface area contributed by atoms with Gasteiger partial charge in [-0.3, -0.25) is 9.59 Å². The molecule has 0 radical (unpaired) electrons. The molecule has 1 amide bonds. The van der Waals surface area contributed by atoms with Gasteiger partial charge in [0.25, 0.3) is 11.5 Å². The van der Waals surface area contributed by atoms with Crippen molar-refractivity contribution in [1.29, 1.82) is 5.26 Å². The Balaban J connectivity index is 2.34. The number of nitrogens with zero attached hydrogens (tertiary/aromatic N) is 4. The van der Waals surface area contributed by atoms with E-state index >= 15 is 0 Å². The molecule has 3 rings (SSSR count). The molecule has 0 bridgehead atoms. The molecule has 0 spiro atoms. The van der Waals surface area contributed by atoms with Crippen LogP contribution in [0.4, 0.5) is 0 Å². The maximum Gasteiger partial charge on any atom is 0.250 e. The average Bonchev–Trinajstić information content (AvgIpc) is 3.05. The maximum absolute atomic E-state index is 12.3. The van der Waals surface area contributed by atoms with Gasteiger partial charge in [0.05, 0.1) is 35.1 Å². The zero-order chi connectivity index (χ0) is 18.8. The van der Waals surface area contributed by atoms with Crippen molar-refractivity contribution in [2.75, 3.05) is 0 Å². The molecule has 1 unspecified atom stereocenters. The third-order valence-electron chi connectivity index (χ3n) is 4.42. The van der Waals surface area contributed by atoms with Crippen molar-refractivity contribution in [2.45, 2.75) is 5.92 Å². The van der Waals surface area contributed by atoms with Gasteiger partial charge in [-0.2, -0.15) is 5.26 Å². The van der Waals surface area contributed by atoms with Crippen molar-refractivity contribution < 1.29 is 4.79 Å². The highest BCUT2D eigenvalue weighted by Gasteiger charge is 2.27. The lowest BCUT2D eigenvalue weighted by atomic mass is 9.88. The van der Waals surface area contributed by atoms with Gasteiger partial charge < -0.3 is 14.9 Å². The van der Waals surface area contributed by atoms with Gasteiger partial charge in [-0.15, -0.1) is 0 Å². The van der Waals surface area contributed by atoms with Gasteiger partial charge in [0, 0.05) is 32.1 Å². The summed E-state index contributed by atoms with van der Waals surface area (Å²) >= 11 is 0. The molecule has 26 heavy (non-hydrogen) atoms. The fourth-order valence-electron chi connectivity index (χ4n) is 3.07. The van der Waals surface area contributed by atoms with Crippen LogP contribution in [0.3, 0.4) is 0 Å². The van der Waals surface area contributed by atoms with Crippen LogP contribution in [0.2, 0.25) is 0 Å². The zero-order valence-corrected chi connectivity index (χ0v) is 14.4. The van der Waals surface area contributed by atoms with E-state index in [-0.39, 0.29) is 11.1 Å². The molecule has 0 aliphatic carbocycles. The van der Waals surface area contributed by atoms with Gasteiger partial charge in [-0.1, -0.05) is 12.1 Å². The second kappa shape index (κ2) is 6.69. The number of aromatic nitrogens is 3. The number of rotatable bonds is 4. The monoisotopic (exact) mass is 347 g/mol. The third kappa shape index (κ3) is 2.89. The van der Waals surface area contributed by atoms with Crippen LogP contribution in [0.1, 0.15) is 38.8 Å². The van der Waals surface area contributed by atoms with Crippen LogP contribution in [-0.4, -0.2) is 20.0 Å². The number of amides is 1. The predicted octanol–water partition coefficient (Wildman–Crippen LogP) is 1.27. The lowest BCUT2D eigenvalue weighted by molar-refractivity contribution is 0.0998. The minimum atomic E-state index is -0.614. The first-order valence-electron chi connectivity index (χ1n) is 7.90. The predicted molar refractivity (Wildman–Crippen MR) is 95.5 cm³/mol. The molecule has 7 nitrogen and oxygen atoms in total. The van der Waals surface area contributed by atoms with E-state index in [2.05, 4.69) is 11.1 Å². The summed E-state index contributed by atoms with van der Waals surface area (Å²) in [5.74, 6) is -1.06. The van der Waals surface area contributed by atoms with Crippen molar-refractivity contribution in [3.05, 3.63) is 87.4 Å². The number of aryl methyl sites for hydroxylation is 1. The standard InChI is InChI=1S/C19H17N5O2/c1-23-11-22-10-15(23)17(13-5-3-12(9-20)4-6-13)18-14(19(21)26)7-8-16(25)24(18)2/h3-8,10-11,17H,1-2H3,(H2,21,26). The van der Waals surface area contributed by atoms with Gasteiger partial charge in [0.2, 0.25) is 0 Å². The Bertz CT molecular complexity index is 1070. The molecule has 0 fully saturated rings. The van der Waals surface area contributed by atoms with E-state index in [1.54, 1.807) is 43.8 Å². The Kier molecular flexibility index (Phi) is 4.42. The Hall–Kier alpha value is -3.66. The number of hydrogen-bond donors (Lipinski definition) is 1. The van der Waals surface area contributed by atoms with Crippen molar-refractivity contribution >= 4 is 5.91 Å². The van der Waals surface area contributed by atoms with Crippen LogP contribution in [0, 0.1) is 11.3 Å². The highest BCUT2D eigenvalue weighted by atomic mass is 16.1. The molecule has 0 aliphatic rings. The van der Waals surface area contributed by atoms with E-state index in [9.17, 15) is 9.59 Å². The molecule has 1 aromatic carbocycles. The third-order valence-corrected chi connectivity index (χ3v) is 4.42. The van der Waals surface area contributed by atoms with Gasteiger partial charge in [0.15, 0.2) is 0 Å². The van der Waals surface area contributed by atoms with Crippen molar-refractivity contribution in [2.24, 2.45) is 19.8 Å². The molecular weight excluding hydrogens is 330 g/mol. The molecule has 0 saturated carbocycles. The molecule has 130 valence electrons. The Labute approximate surface area is 149 Å². The van der Waals surface area contributed by atoms with Gasteiger partial charge in [0.1, 0.15) is 0 Å². The summed E-state index contributed by atoms with van der Waals surface area (Å²) < 4.78 is 3.25. The molecular formula is C19H17N5O2. The minimum absolute atomic E-state index is 0.245. The first kappa shape index (κ1) is 17.2. The number of primary amides is 1. The highest BCUT2D eigenvalue weighted by molar-refractivity contribution is 5.94. The summed E-state index contributed by atoms with van der Waals surface area (Å²) in [7, 11) is 3.45. The summed E-state index contributed by atoms with van der Waals surface area (Å²) in [4.78, 5) is 28.4. The first-order valence-corrected chi connectivity index (χ1v) is 7.90. The van der Waals surface area contributed by atoms with Crippen molar-refractivity contribution in [3.8, 4) is 6.07 Å². The van der Waals surface area contributed by atoms with Gasteiger partial charge in [-0.05, 0) is 23.8 Å². The van der Waals surface area contributed by atoms with Crippen LogP contribution >= 0.6 is 0 Å². The largest absolute Gasteiger partial charge is 0.366 e. The Morgan fingerprint density at radius 2 is 1.88 bits per heavy atom. The fraction of sp³-hybridized carbons (Fsp3) is 0.158. The summed E-state index contributed by atoms with van der Waals surface area (Å²) in [6.45, 7) is 0. The fourth-order valence-corrected chi connectivity index (χ4v) is 3.07. The summed E-state index contributed by atoms with van der Waals surface area (Å²) in [5.41, 5.74) is 8.20. The van der Waals surface area contributed by atoms with Gasteiger partial charge in [-0.25, -0.2) is 4.98 Å². The minimum Gasteiger partial charge on any atom is -0.366 e. The second-order valence-corrected chi connectivity index (χ2v) is 5.99. The van der Waals surface area contributed by atoms with Crippen molar-refractivity contribution in [1.82, 2.24) is 14.1 Å². The smallest absolute Gasteiger partial charge is 0.250 e. The number of carbonyl (C=O) groups excluding carboxylic acids is 1. The van der Waals surface area contributed by atoms with E-state index in [1.807, 2.05) is 11.6 Å². The average molecular weight is 347 g/mol. The van der Waals surface area contributed by atoms with Crippen LogP contribution < -0.4 is 11.3 Å². The topological polar surface area (TPSA) is 107 Å². The van der Waals surface area contributed by atoms with Crippen LogP contribution in [0.15, 0.2) is 53.7 Å². The zero-order valence-electron chi connectivity index (χ0n) is 14.4. The van der Waals surface area contributed by atoms with Gasteiger partial charge >= 0.3 is 0 Å². The van der Waals surface area contributed by atoms with Crippen LogP contribution in [0.25, 0.3) is 0 Å². The van der Waals surface area contributed by atoms with Crippen LogP contribution in [0.5, 0.6) is 0 Å². The van der Waals surface area contributed by atoms with E-state index in [4.69, 9.17) is 11.0 Å². The quantitative estimate of drug-likeness (QED) is 0.767. The highest BCUT2D eigenvalue weighted by Crippen LogP contribution is 2.32. The van der Waals surface area contributed by atoms with E-state index < -0.39 is 11.8 Å².